The number of carbonyl (C=O) groups excluding carboxylic acids is 1. The topological polar surface area (TPSA) is 88.2 Å². The number of fused-ring (bicyclic) bond motifs is 6. The van der Waals surface area contributed by atoms with E-state index in [1.807, 2.05) is 6.07 Å². The van der Waals surface area contributed by atoms with Gasteiger partial charge in [0.25, 0.3) is 10.0 Å². The molecular weight excluding hydrogens is 586 g/mol. The summed E-state index contributed by atoms with van der Waals surface area (Å²) in [6.07, 6.45) is 9.31. The van der Waals surface area contributed by atoms with Crippen LogP contribution in [-0.4, -0.2) is 64.3 Å². The lowest BCUT2D eigenvalue weighted by atomic mass is 9.69. The Labute approximate surface area is 260 Å². The summed E-state index contributed by atoms with van der Waals surface area (Å²) in [6.45, 7) is 5.74. The zero-order valence-electron chi connectivity index (χ0n) is 24.9. The molecule has 232 valence electrons. The molecule has 2 fully saturated rings. The lowest BCUT2D eigenvalue weighted by Gasteiger charge is -2.50. The van der Waals surface area contributed by atoms with E-state index in [2.05, 4.69) is 28.7 Å². The molecule has 4 heterocycles. The molecule has 1 N–H and O–H groups in total. The summed E-state index contributed by atoms with van der Waals surface area (Å²) in [7, 11) is -4.09. The number of sulfonamides is 1. The highest BCUT2D eigenvalue weighted by Crippen LogP contribution is 2.47. The highest BCUT2D eigenvalue weighted by atomic mass is 35.5. The van der Waals surface area contributed by atoms with Gasteiger partial charge in [0.2, 0.25) is 0 Å². The van der Waals surface area contributed by atoms with E-state index in [9.17, 15) is 13.2 Å². The van der Waals surface area contributed by atoms with Gasteiger partial charge in [-0.3, -0.25) is 0 Å². The molecule has 2 aromatic rings. The first-order valence-electron chi connectivity index (χ1n) is 16.0. The van der Waals surface area contributed by atoms with Gasteiger partial charge in [0, 0.05) is 30.1 Å². The van der Waals surface area contributed by atoms with Crippen LogP contribution in [0, 0.1) is 11.8 Å². The van der Waals surface area contributed by atoms with Crippen molar-refractivity contribution < 1.29 is 22.7 Å². The van der Waals surface area contributed by atoms with E-state index in [-0.39, 0.29) is 15.9 Å². The number of hydrogen-bond donors (Lipinski definition) is 1. The van der Waals surface area contributed by atoms with E-state index in [4.69, 9.17) is 21.1 Å². The van der Waals surface area contributed by atoms with Crippen LogP contribution in [0.2, 0.25) is 5.02 Å². The number of amides is 2. The molecule has 2 aromatic carbocycles. The summed E-state index contributed by atoms with van der Waals surface area (Å²) in [5, 5.41) is 0.750. The Bertz CT molecular complexity index is 1510. The third-order valence-corrected chi connectivity index (χ3v) is 12.3. The van der Waals surface area contributed by atoms with Crippen molar-refractivity contribution in [2.75, 3.05) is 44.3 Å². The number of hydrogen-bond acceptors (Lipinski definition) is 6. The molecule has 1 saturated carbocycles. The Morgan fingerprint density at radius 2 is 1.88 bits per heavy atom. The standard InChI is InChI=1S/C33H42ClN3O5S/c1-2-3-14-33-20-37(21-33)31(38)35-43(39,40)27-9-11-30-29(17-27)36(18-25-7-6-23(25)12-15-42-33)19-32(22-41-30)13-4-5-24-16-26(34)8-10-28(24)32/h8-11,16-17,23,25H,2-7,12-15,18-22H2,1H3,(H,35,38)/t23-,25-,32-/m0/s1. The number of ether oxygens (including phenoxy) is 2. The molecule has 1 saturated heterocycles. The van der Waals surface area contributed by atoms with Gasteiger partial charge in [0.1, 0.15) is 11.4 Å². The van der Waals surface area contributed by atoms with E-state index in [1.54, 1.807) is 23.1 Å². The summed E-state index contributed by atoms with van der Waals surface area (Å²) in [6, 6.07) is 10.7. The third-order valence-electron chi connectivity index (χ3n) is 10.7. The van der Waals surface area contributed by atoms with Crippen LogP contribution in [0.15, 0.2) is 41.3 Å². The van der Waals surface area contributed by atoms with Crippen molar-refractivity contribution in [3.8, 4) is 5.75 Å². The van der Waals surface area contributed by atoms with Crippen LogP contribution in [0.5, 0.6) is 5.75 Å². The Morgan fingerprint density at radius 1 is 1.05 bits per heavy atom. The molecule has 2 amide bonds. The van der Waals surface area contributed by atoms with E-state index in [0.29, 0.717) is 43.9 Å². The van der Waals surface area contributed by atoms with E-state index in [1.165, 1.54) is 17.5 Å². The molecule has 6 aliphatic rings. The van der Waals surface area contributed by atoms with Gasteiger partial charge >= 0.3 is 6.03 Å². The first kappa shape index (κ1) is 29.2. The van der Waals surface area contributed by atoms with Gasteiger partial charge in [-0.05, 0) is 98.2 Å². The number of carbonyl (C=O) groups is 1. The minimum absolute atomic E-state index is 0.0752. The summed E-state index contributed by atoms with van der Waals surface area (Å²) >= 11 is 6.41. The number of nitrogens with zero attached hydrogens (tertiary/aromatic N) is 2. The minimum atomic E-state index is -4.09. The van der Waals surface area contributed by atoms with Crippen LogP contribution in [0.25, 0.3) is 0 Å². The molecule has 0 unspecified atom stereocenters. The molecular formula is C33H42ClN3O5S. The lowest BCUT2D eigenvalue weighted by Crippen LogP contribution is -2.66. The summed E-state index contributed by atoms with van der Waals surface area (Å²) in [5.41, 5.74) is 2.73. The lowest BCUT2D eigenvalue weighted by molar-refractivity contribution is -0.137. The molecule has 2 aliphatic carbocycles. The van der Waals surface area contributed by atoms with Crippen LogP contribution in [0.1, 0.15) is 69.4 Å². The molecule has 3 atom stereocenters. The second-order valence-electron chi connectivity index (χ2n) is 13.5. The SMILES string of the molecule is CCCCC12CN(C1)C(=O)NS(=O)(=O)c1ccc3c(c1)N(C[C@@H]1CC[C@H]1CCO2)C[C@@]1(CCCc2cc(Cl)ccc21)CO3. The fourth-order valence-electron chi connectivity index (χ4n) is 8.08. The van der Waals surface area contributed by atoms with Gasteiger partial charge in [0.15, 0.2) is 0 Å². The molecule has 0 radical (unpaired) electrons. The van der Waals surface area contributed by atoms with E-state index in [0.717, 1.165) is 75.2 Å². The molecule has 43 heavy (non-hydrogen) atoms. The van der Waals surface area contributed by atoms with Crippen LogP contribution in [0.3, 0.4) is 0 Å². The van der Waals surface area contributed by atoms with Gasteiger partial charge in [0.05, 0.1) is 30.3 Å². The summed E-state index contributed by atoms with van der Waals surface area (Å²) in [5.74, 6) is 1.74. The normalized spacial score (nSPS) is 29.2. The number of aryl methyl sites for hydroxylation is 1. The maximum absolute atomic E-state index is 13.6. The van der Waals surface area contributed by atoms with Gasteiger partial charge < -0.3 is 19.3 Å². The second-order valence-corrected chi connectivity index (χ2v) is 15.6. The predicted octanol–water partition coefficient (Wildman–Crippen LogP) is 5.90. The maximum Gasteiger partial charge on any atom is 0.331 e. The number of benzene rings is 2. The molecule has 8 rings (SSSR count). The average Bonchev–Trinajstić information content (AvgIpc) is 3.10. The van der Waals surface area contributed by atoms with Crippen LogP contribution < -0.4 is 14.4 Å². The predicted molar refractivity (Wildman–Crippen MR) is 167 cm³/mol. The second kappa shape index (κ2) is 11.1. The number of halogens is 1. The van der Waals surface area contributed by atoms with Crippen molar-refractivity contribution in [2.45, 2.75) is 80.6 Å². The zero-order chi connectivity index (χ0) is 29.8. The van der Waals surface area contributed by atoms with Gasteiger partial charge in [-0.2, -0.15) is 0 Å². The number of anilines is 1. The number of nitrogens with one attached hydrogen (secondary N) is 1. The largest absolute Gasteiger partial charge is 0.490 e. The highest BCUT2D eigenvalue weighted by Gasteiger charge is 2.48. The Balaban J connectivity index is 1.25. The smallest absolute Gasteiger partial charge is 0.331 e. The quantitative estimate of drug-likeness (QED) is 0.456. The molecule has 4 aliphatic heterocycles. The summed E-state index contributed by atoms with van der Waals surface area (Å²) < 4.78 is 42.5. The van der Waals surface area contributed by atoms with Gasteiger partial charge in [-0.25, -0.2) is 17.9 Å². The molecule has 10 heteroatoms. The van der Waals surface area contributed by atoms with Crippen molar-refractivity contribution in [1.82, 2.24) is 9.62 Å². The Hall–Kier alpha value is -2.49. The average molecular weight is 628 g/mol. The van der Waals surface area contributed by atoms with Crippen molar-refractivity contribution in [1.29, 1.82) is 0 Å². The maximum atomic E-state index is 13.6. The first-order chi connectivity index (χ1) is 20.7. The number of urea groups is 1. The van der Waals surface area contributed by atoms with Gasteiger partial charge in [-0.15, -0.1) is 0 Å². The Kier molecular flexibility index (Phi) is 7.58. The zero-order valence-corrected chi connectivity index (χ0v) is 26.5. The molecule has 1 spiro atoms. The Morgan fingerprint density at radius 3 is 2.67 bits per heavy atom. The summed E-state index contributed by atoms with van der Waals surface area (Å²) in [4.78, 5) is 17.1. The van der Waals surface area contributed by atoms with E-state index < -0.39 is 16.1 Å². The monoisotopic (exact) mass is 627 g/mol. The first-order valence-corrected chi connectivity index (χ1v) is 17.8. The third kappa shape index (κ3) is 5.39. The van der Waals surface area contributed by atoms with Crippen molar-refractivity contribution in [3.05, 3.63) is 52.5 Å². The highest BCUT2D eigenvalue weighted by molar-refractivity contribution is 7.90. The fraction of sp³-hybridized carbons (Fsp3) is 0.606. The van der Waals surface area contributed by atoms with Gasteiger partial charge in [-0.1, -0.05) is 37.4 Å². The number of rotatable bonds is 3. The van der Waals surface area contributed by atoms with Crippen molar-refractivity contribution in [3.63, 3.8) is 0 Å². The van der Waals surface area contributed by atoms with Crippen molar-refractivity contribution >= 4 is 33.3 Å². The molecule has 8 nitrogen and oxygen atoms in total. The minimum Gasteiger partial charge on any atom is -0.490 e. The van der Waals surface area contributed by atoms with Crippen LogP contribution >= 0.6 is 11.6 Å². The van der Waals surface area contributed by atoms with Crippen LogP contribution in [-0.2, 0) is 26.6 Å². The number of unbranched alkanes of at least 4 members (excludes halogenated alkanes) is 1. The molecule has 0 aromatic heterocycles. The fourth-order valence-corrected chi connectivity index (χ4v) is 9.27. The van der Waals surface area contributed by atoms with E-state index >= 15 is 0 Å². The molecule has 4 bridgehead atoms. The van der Waals surface area contributed by atoms with Crippen LogP contribution in [0.4, 0.5) is 10.5 Å². The van der Waals surface area contributed by atoms with Crippen molar-refractivity contribution in [2.24, 2.45) is 11.8 Å².